The molecule has 1 aromatic rings. The summed E-state index contributed by atoms with van der Waals surface area (Å²) in [6, 6.07) is 4.69. The SMILES string of the molecule is CC1=C[C@@H](O/C=C2/C(=O)N[C@H]3c4cc(C(=O)O)ccc4C[C@H]23)OC1=O. The van der Waals surface area contributed by atoms with E-state index in [1.165, 1.54) is 6.26 Å². The Labute approximate surface area is 142 Å². The molecule has 1 amide bonds. The summed E-state index contributed by atoms with van der Waals surface area (Å²) in [5.41, 5.74) is 2.96. The minimum atomic E-state index is -1.00. The van der Waals surface area contributed by atoms with Gasteiger partial charge in [0.25, 0.3) is 12.2 Å². The summed E-state index contributed by atoms with van der Waals surface area (Å²) in [6.45, 7) is 1.63. The summed E-state index contributed by atoms with van der Waals surface area (Å²) in [7, 11) is 0. The van der Waals surface area contributed by atoms with Crippen molar-refractivity contribution < 1.29 is 29.0 Å². The van der Waals surface area contributed by atoms with E-state index in [9.17, 15) is 14.4 Å². The van der Waals surface area contributed by atoms with Crippen LogP contribution in [0.5, 0.6) is 0 Å². The lowest BCUT2D eigenvalue weighted by molar-refractivity contribution is -0.152. The van der Waals surface area contributed by atoms with Crippen molar-refractivity contribution in [3.05, 3.63) is 58.4 Å². The van der Waals surface area contributed by atoms with Crippen LogP contribution < -0.4 is 5.32 Å². The minimum Gasteiger partial charge on any atom is -0.478 e. The molecule has 0 aromatic heterocycles. The number of nitrogens with one attached hydrogen (secondary N) is 1. The average Bonchev–Trinajstić information content (AvgIpc) is 3.17. The molecule has 2 N–H and O–H groups in total. The molecule has 1 aliphatic carbocycles. The van der Waals surface area contributed by atoms with Crippen LogP contribution in [-0.2, 0) is 25.5 Å². The topological polar surface area (TPSA) is 102 Å². The van der Waals surface area contributed by atoms with Crippen molar-refractivity contribution in [2.45, 2.75) is 25.7 Å². The smallest absolute Gasteiger partial charge is 0.336 e. The fourth-order valence-electron chi connectivity index (χ4n) is 3.49. The molecule has 25 heavy (non-hydrogen) atoms. The molecule has 2 aliphatic heterocycles. The van der Waals surface area contributed by atoms with Crippen LogP contribution in [0.1, 0.15) is 34.5 Å². The lowest BCUT2D eigenvalue weighted by Crippen LogP contribution is -2.19. The number of ether oxygens (including phenoxy) is 2. The third-order valence-corrected chi connectivity index (χ3v) is 4.78. The maximum absolute atomic E-state index is 12.3. The van der Waals surface area contributed by atoms with E-state index in [2.05, 4.69) is 5.32 Å². The molecule has 3 aliphatic rings. The highest BCUT2D eigenvalue weighted by atomic mass is 16.7. The predicted octanol–water partition coefficient (Wildman–Crippen LogP) is 1.46. The van der Waals surface area contributed by atoms with Crippen molar-refractivity contribution in [1.82, 2.24) is 5.32 Å². The first kappa shape index (κ1) is 15.4. The van der Waals surface area contributed by atoms with Gasteiger partial charge in [-0.05, 0) is 36.6 Å². The summed E-state index contributed by atoms with van der Waals surface area (Å²) in [4.78, 5) is 34.8. The first-order chi connectivity index (χ1) is 11.9. The Morgan fingerprint density at radius 2 is 2.20 bits per heavy atom. The molecule has 2 heterocycles. The fraction of sp³-hybridized carbons (Fsp3) is 0.278. The fourth-order valence-corrected chi connectivity index (χ4v) is 3.49. The second kappa shape index (κ2) is 5.47. The summed E-state index contributed by atoms with van der Waals surface area (Å²) in [5.74, 6) is -1.83. The van der Waals surface area contributed by atoms with Gasteiger partial charge in [-0.2, -0.15) is 0 Å². The van der Waals surface area contributed by atoms with E-state index >= 15 is 0 Å². The largest absolute Gasteiger partial charge is 0.478 e. The quantitative estimate of drug-likeness (QED) is 0.490. The maximum Gasteiger partial charge on any atom is 0.336 e. The number of cyclic esters (lactones) is 1. The number of carboxylic acid groups (broad SMARTS) is 1. The number of carboxylic acids is 1. The van der Waals surface area contributed by atoms with E-state index in [0.29, 0.717) is 17.6 Å². The molecule has 0 unspecified atom stereocenters. The zero-order valence-corrected chi connectivity index (χ0v) is 13.3. The van der Waals surface area contributed by atoms with E-state index < -0.39 is 18.2 Å². The van der Waals surface area contributed by atoms with Gasteiger partial charge in [-0.25, -0.2) is 9.59 Å². The molecule has 4 rings (SSSR count). The van der Waals surface area contributed by atoms with Crippen molar-refractivity contribution in [3.8, 4) is 0 Å². The van der Waals surface area contributed by atoms with Crippen LogP contribution in [0.25, 0.3) is 0 Å². The van der Waals surface area contributed by atoms with Gasteiger partial charge in [0.2, 0.25) is 0 Å². The van der Waals surface area contributed by atoms with Gasteiger partial charge in [0.15, 0.2) is 0 Å². The molecular weight excluding hydrogens is 326 g/mol. The van der Waals surface area contributed by atoms with Gasteiger partial charge in [-0.3, -0.25) is 4.79 Å². The van der Waals surface area contributed by atoms with Crippen LogP contribution in [0.15, 0.2) is 41.7 Å². The van der Waals surface area contributed by atoms with Crippen molar-refractivity contribution in [2.24, 2.45) is 5.92 Å². The Bertz CT molecular complexity index is 868. The first-order valence-electron chi connectivity index (χ1n) is 7.86. The molecule has 0 saturated carbocycles. The molecule has 0 radical (unpaired) electrons. The first-order valence-corrected chi connectivity index (χ1v) is 7.86. The number of fused-ring (bicyclic) bond motifs is 3. The third kappa shape index (κ3) is 2.48. The molecule has 3 atom stereocenters. The summed E-state index contributed by atoms with van der Waals surface area (Å²) in [5, 5.41) is 12.0. The summed E-state index contributed by atoms with van der Waals surface area (Å²) < 4.78 is 10.4. The number of hydrogen-bond acceptors (Lipinski definition) is 5. The summed E-state index contributed by atoms with van der Waals surface area (Å²) in [6.07, 6.45) is 2.69. The van der Waals surface area contributed by atoms with Crippen molar-refractivity contribution in [3.63, 3.8) is 0 Å². The molecule has 0 spiro atoms. The molecule has 128 valence electrons. The Kier molecular flexibility index (Phi) is 3.38. The normalized spacial score (nSPS) is 28.3. The second-order valence-electron chi connectivity index (χ2n) is 6.31. The van der Waals surface area contributed by atoms with Crippen molar-refractivity contribution in [2.75, 3.05) is 0 Å². The number of aromatic carboxylic acids is 1. The van der Waals surface area contributed by atoms with Gasteiger partial charge < -0.3 is 19.9 Å². The highest BCUT2D eigenvalue weighted by molar-refractivity contribution is 5.97. The maximum atomic E-state index is 12.3. The lowest BCUT2D eigenvalue weighted by Gasteiger charge is -2.11. The van der Waals surface area contributed by atoms with Crippen LogP contribution in [-0.4, -0.2) is 29.2 Å². The number of amides is 1. The van der Waals surface area contributed by atoms with E-state index in [0.717, 1.165) is 11.1 Å². The third-order valence-electron chi connectivity index (χ3n) is 4.78. The van der Waals surface area contributed by atoms with Crippen LogP contribution in [0.4, 0.5) is 0 Å². The number of hydrogen-bond donors (Lipinski definition) is 2. The molecule has 7 nitrogen and oxygen atoms in total. The van der Waals surface area contributed by atoms with E-state index in [1.54, 1.807) is 31.2 Å². The zero-order chi connectivity index (χ0) is 17.7. The predicted molar refractivity (Wildman–Crippen MR) is 84.3 cm³/mol. The average molecular weight is 341 g/mol. The molecule has 1 aromatic carbocycles. The Balaban J connectivity index is 1.57. The number of carbonyl (C=O) groups is 3. The number of esters is 1. The lowest BCUT2D eigenvalue weighted by atomic mass is 9.97. The number of rotatable bonds is 3. The van der Waals surface area contributed by atoms with Gasteiger partial charge in [0.05, 0.1) is 23.4 Å². The van der Waals surface area contributed by atoms with E-state index in [1.807, 2.05) is 0 Å². The van der Waals surface area contributed by atoms with Gasteiger partial charge in [0.1, 0.15) is 0 Å². The Morgan fingerprint density at radius 3 is 2.88 bits per heavy atom. The number of carbonyl (C=O) groups excluding carboxylic acids is 2. The van der Waals surface area contributed by atoms with Gasteiger partial charge in [0, 0.05) is 17.6 Å². The molecule has 0 bridgehead atoms. The Hall–Kier alpha value is -3.09. The highest BCUT2D eigenvalue weighted by Crippen LogP contribution is 2.44. The summed E-state index contributed by atoms with van der Waals surface area (Å²) >= 11 is 0. The van der Waals surface area contributed by atoms with Crippen molar-refractivity contribution in [1.29, 1.82) is 0 Å². The monoisotopic (exact) mass is 341 g/mol. The van der Waals surface area contributed by atoms with Crippen LogP contribution >= 0.6 is 0 Å². The molecule has 1 saturated heterocycles. The number of benzene rings is 1. The standard InChI is InChI=1S/C18H15NO6/c1-8-4-14(25-18(8)23)24-7-13-12-5-9-2-3-10(17(21)22)6-11(9)15(12)19-16(13)20/h2-4,6-7,12,14-15H,5H2,1H3,(H,19,20)(H,21,22)/b13-7+/t12-,14+,15+/m1/s1. The molecule has 1 fully saturated rings. The highest BCUT2D eigenvalue weighted by Gasteiger charge is 2.44. The van der Waals surface area contributed by atoms with Crippen LogP contribution in [0.3, 0.4) is 0 Å². The van der Waals surface area contributed by atoms with Crippen molar-refractivity contribution >= 4 is 17.8 Å². The van der Waals surface area contributed by atoms with Gasteiger partial charge >= 0.3 is 11.9 Å². The van der Waals surface area contributed by atoms with E-state index in [-0.39, 0.29) is 23.4 Å². The van der Waals surface area contributed by atoms with E-state index in [4.69, 9.17) is 14.6 Å². The van der Waals surface area contributed by atoms with Crippen LogP contribution in [0, 0.1) is 5.92 Å². The van der Waals surface area contributed by atoms with Crippen LogP contribution in [0.2, 0.25) is 0 Å². The molecule has 7 heteroatoms. The molecular formula is C18H15NO6. The van der Waals surface area contributed by atoms with Gasteiger partial charge in [-0.1, -0.05) is 6.07 Å². The van der Waals surface area contributed by atoms with Gasteiger partial charge in [-0.15, -0.1) is 0 Å². The Morgan fingerprint density at radius 1 is 1.40 bits per heavy atom. The minimum absolute atomic E-state index is 0.131. The second-order valence-corrected chi connectivity index (χ2v) is 6.31. The zero-order valence-electron chi connectivity index (χ0n) is 13.3.